The third-order valence-electron chi connectivity index (χ3n) is 4.98. The largest absolute Gasteiger partial charge is 0.457 e. The Labute approximate surface area is 179 Å². The first kappa shape index (κ1) is 20.3. The van der Waals surface area contributed by atoms with E-state index in [2.05, 4.69) is 10.1 Å². The number of esters is 1. The minimum atomic E-state index is -0.481. The average Bonchev–Trinajstić information content (AvgIpc) is 3.23. The zero-order valence-electron chi connectivity index (χ0n) is 17.4. The minimum Gasteiger partial charge on any atom is -0.457 e. The quantitative estimate of drug-likeness (QED) is 0.444. The highest BCUT2D eigenvalue weighted by Gasteiger charge is 2.18. The van der Waals surface area contributed by atoms with Crippen molar-refractivity contribution in [3.8, 4) is 11.3 Å². The van der Waals surface area contributed by atoms with Crippen molar-refractivity contribution in [1.82, 2.24) is 14.6 Å². The summed E-state index contributed by atoms with van der Waals surface area (Å²) >= 11 is 0. The Morgan fingerprint density at radius 3 is 2.61 bits per heavy atom. The lowest BCUT2D eigenvalue weighted by Crippen LogP contribution is -2.27. The molecule has 2 heterocycles. The average molecular weight is 414 g/mol. The van der Waals surface area contributed by atoms with E-state index in [1.54, 1.807) is 22.5 Å². The van der Waals surface area contributed by atoms with Crippen LogP contribution < -0.4 is 4.90 Å². The molecule has 31 heavy (non-hydrogen) atoms. The number of hydrogen-bond acceptors (Lipinski definition) is 5. The Morgan fingerprint density at radius 1 is 1.06 bits per heavy atom. The van der Waals surface area contributed by atoms with Crippen molar-refractivity contribution in [1.29, 1.82) is 0 Å². The van der Waals surface area contributed by atoms with Crippen LogP contribution in [-0.4, -0.2) is 33.0 Å². The van der Waals surface area contributed by atoms with Gasteiger partial charge in [0.2, 0.25) is 5.91 Å². The number of rotatable bonds is 6. The van der Waals surface area contributed by atoms with Gasteiger partial charge in [0.25, 0.3) is 0 Å². The minimum absolute atomic E-state index is 0.0259. The topological polar surface area (TPSA) is 76.8 Å². The number of amides is 1. The van der Waals surface area contributed by atoms with Gasteiger partial charge in [0.1, 0.15) is 12.2 Å². The molecular weight excluding hydrogens is 392 g/mol. The van der Waals surface area contributed by atoms with E-state index in [-0.39, 0.29) is 12.5 Å². The Morgan fingerprint density at radius 2 is 1.87 bits per heavy atom. The van der Waals surface area contributed by atoms with Crippen molar-refractivity contribution in [3.05, 3.63) is 84.2 Å². The van der Waals surface area contributed by atoms with E-state index in [1.165, 1.54) is 6.20 Å². The van der Waals surface area contributed by atoms with E-state index in [0.29, 0.717) is 17.8 Å². The molecule has 0 saturated heterocycles. The molecule has 0 aliphatic heterocycles. The number of carbonyl (C=O) groups is 2. The van der Waals surface area contributed by atoms with Gasteiger partial charge in [0, 0.05) is 30.9 Å². The van der Waals surface area contributed by atoms with Crippen LogP contribution in [0.25, 0.3) is 16.9 Å². The summed E-state index contributed by atoms with van der Waals surface area (Å²) in [6.07, 6.45) is 3.10. The van der Waals surface area contributed by atoms with Crippen LogP contribution in [0.1, 0.15) is 29.8 Å². The second-order valence-corrected chi connectivity index (χ2v) is 7.00. The molecule has 1 amide bonds. The molecule has 0 unspecified atom stereocenters. The maximum Gasteiger partial charge on any atom is 0.343 e. The van der Waals surface area contributed by atoms with Gasteiger partial charge in [0.05, 0.1) is 11.9 Å². The lowest BCUT2D eigenvalue weighted by atomic mass is 10.1. The molecule has 156 valence electrons. The number of carbonyl (C=O) groups excluding carboxylic acids is 2. The Kier molecular flexibility index (Phi) is 5.75. The summed E-state index contributed by atoms with van der Waals surface area (Å²) in [5.41, 5.74) is 4.04. The normalized spacial score (nSPS) is 10.8. The van der Waals surface area contributed by atoms with Crippen molar-refractivity contribution >= 4 is 23.2 Å². The highest BCUT2D eigenvalue weighted by molar-refractivity contribution is 5.96. The smallest absolute Gasteiger partial charge is 0.343 e. The van der Waals surface area contributed by atoms with Crippen molar-refractivity contribution in [3.63, 3.8) is 0 Å². The molecule has 0 aliphatic rings. The zero-order valence-corrected chi connectivity index (χ0v) is 17.4. The van der Waals surface area contributed by atoms with Crippen LogP contribution in [-0.2, 0) is 16.1 Å². The number of fused-ring (bicyclic) bond motifs is 1. The van der Waals surface area contributed by atoms with Crippen LogP contribution in [0.2, 0.25) is 0 Å². The summed E-state index contributed by atoms with van der Waals surface area (Å²) in [6, 6.07) is 19.0. The predicted octanol–water partition coefficient (Wildman–Crippen LogP) is 4.13. The molecule has 0 N–H and O–H groups in total. The fraction of sp³-hybridized carbons (Fsp3) is 0.167. The van der Waals surface area contributed by atoms with Crippen LogP contribution >= 0.6 is 0 Å². The van der Waals surface area contributed by atoms with Crippen molar-refractivity contribution in [2.24, 2.45) is 0 Å². The number of benzene rings is 2. The summed E-state index contributed by atoms with van der Waals surface area (Å²) in [6.45, 7) is 4.22. The van der Waals surface area contributed by atoms with Crippen LogP contribution in [0.15, 0.2) is 73.1 Å². The van der Waals surface area contributed by atoms with E-state index in [1.807, 2.05) is 67.6 Å². The fourth-order valence-corrected chi connectivity index (χ4v) is 3.48. The number of ether oxygens (including phenoxy) is 1. The first-order valence-electron chi connectivity index (χ1n) is 10.0. The van der Waals surface area contributed by atoms with Gasteiger partial charge in [-0.05, 0) is 30.7 Å². The van der Waals surface area contributed by atoms with E-state index in [0.717, 1.165) is 22.5 Å². The molecule has 0 aliphatic carbocycles. The van der Waals surface area contributed by atoms with Crippen molar-refractivity contribution < 1.29 is 14.3 Å². The molecule has 0 fully saturated rings. The SMILES string of the molecule is CCN(C(C)=O)c1cccc(-c2ccnc3c(C(=O)OCc4ccccc4)cnn23)c1. The molecule has 7 heteroatoms. The van der Waals surface area contributed by atoms with Gasteiger partial charge in [-0.25, -0.2) is 14.3 Å². The van der Waals surface area contributed by atoms with E-state index in [9.17, 15) is 9.59 Å². The maximum atomic E-state index is 12.6. The number of aromatic nitrogens is 3. The highest BCUT2D eigenvalue weighted by atomic mass is 16.5. The van der Waals surface area contributed by atoms with Crippen LogP contribution in [0.5, 0.6) is 0 Å². The van der Waals surface area contributed by atoms with E-state index >= 15 is 0 Å². The molecule has 7 nitrogen and oxygen atoms in total. The standard InChI is InChI=1S/C24H22N4O3/c1-3-27(17(2)29)20-11-7-10-19(14-20)22-12-13-25-23-21(15-26-28(22)23)24(30)31-16-18-8-5-4-6-9-18/h4-15H,3,16H2,1-2H3. The first-order chi connectivity index (χ1) is 15.1. The predicted molar refractivity (Wildman–Crippen MR) is 118 cm³/mol. The Bertz CT molecular complexity index is 1230. The van der Waals surface area contributed by atoms with Gasteiger partial charge in [-0.2, -0.15) is 5.10 Å². The fourth-order valence-electron chi connectivity index (χ4n) is 3.48. The van der Waals surface area contributed by atoms with Gasteiger partial charge in [-0.15, -0.1) is 0 Å². The summed E-state index contributed by atoms with van der Waals surface area (Å²) in [7, 11) is 0. The molecule has 0 atom stereocenters. The Balaban J connectivity index is 1.65. The second kappa shape index (κ2) is 8.79. The number of nitrogens with zero attached hydrogens (tertiary/aromatic N) is 4. The molecule has 0 radical (unpaired) electrons. The van der Waals surface area contributed by atoms with Crippen LogP contribution in [0.4, 0.5) is 5.69 Å². The summed E-state index contributed by atoms with van der Waals surface area (Å²) in [4.78, 5) is 30.6. The third-order valence-corrected chi connectivity index (χ3v) is 4.98. The summed E-state index contributed by atoms with van der Waals surface area (Å²) in [5, 5.41) is 4.37. The first-order valence-corrected chi connectivity index (χ1v) is 10.0. The summed E-state index contributed by atoms with van der Waals surface area (Å²) in [5.74, 6) is -0.506. The van der Waals surface area contributed by atoms with Crippen molar-refractivity contribution in [2.45, 2.75) is 20.5 Å². The second-order valence-electron chi connectivity index (χ2n) is 7.00. The van der Waals surface area contributed by atoms with Gasteiger partial charge >= 0.3 is 5.97 Å². The van der Waals surface area contributed by atoms with E-state index in [4.69, 9.17) is 4.74 Å². The van der Waals surface area contributed by atoms with Gasteiger partial charge in [-0.3, -0.25) is 4.79 Å². The maximum absolute atomic E-state index is 12.6. The molecule has 0 spiro atoms. The molecule has 0 bridgehead atoms. The Hall–Kier alpha value is -4.00. The lowest BCUT2D eigenvalue weighted by molar-refractivity contribution is -0.116. The van der Waals surface area contributed by atoms with Gasteiger partial charge in [-0.1, -0.05) is 42.5 Å². The number of hydrogen-bond donors (Lipinski definition) is 0. The molecule has 0 saturated carbocycles. The van der Waals surface area contributed by atoms with E-state index < -0.39 is 5.97 Å². The molecule has 2 aromatic carbocycles. The molecular formula is C24H22N4O3. The molecule has 2 aromatic heterocycles. The monoisotopic (exact) mass is 414 g/mol. The van der Waals surface area contributed by atoms with Crippen molar-refractivity contribution in [2.75, 3.05) is 11.4 Å². The molecule has 4 aromatic rings. The van der Waals surface area contributed by atoms with Crippen LogP contribution in [0.3, 0.4) is 0 Å². The summed E-state index contributed by atoms with van der Waals surface area (Å²) < 4.78 is 7.05. The van der Waals surface area contributed by atoms with Crippen LogP contribution in [0, 0.1) is 0 Å². The lowest BCUT2D eigenvalue weighted by Gasteiger charge is -2.19. The van der Waals surface area contributed by atoms with Gasteiger partial charge in [0.15, 0.2) is 5.65 Å². The highest BCUT2D eigenvalue weighted by Crippen LogP contribution is 2.26. The third kappa shape index (κ3) is 4.16. The number of anilines is 1. The zero-order chi connectivity index (χ0) is 21.8. The van der Waals surface area contributed by atoms with Gasteiger partial charge < -0.3 is 9.64 Å². The molecule has 4 rings (SSSR count).